The molecular weight excluding hydrogens is 252 g/mol. The van der Waals surface area contributed by atoms with Gasteiger partial charge in [-0.1, -0.05) is 0 Å². The third-order valence-electron chi connectivity index (χ3n) is 5.70. The van der Waals surface area contributed by atoms with E-state index in [0.29, 0.717) is 6.04 Å². The molecule has 4 nitrogen and oxygen atoms in total. The predicted molar refractivity (Wildman–Crippen MR) is 76.3 cm³/mol. The van der Waals surface area contributed by atoms with Crippen LogP contribution in [0.15, 0.2) is 0 Å². The Balaban J connectivity index is 1.22. The second kappa shape index (κ2) is 4.12. The van der Waals surface area contributed by atoms with Crippen molar-refractivity contribution in [1.82, 2.24) is 10.2 Å². The molecule has 3 aliphatic carbocycles. The number of hydrogen-bond donors (Lipinski definition) is 1. The molecule has 3 saturated carbocycles. The molecule has 1 heterocycles. The molecule has 1 saturated heterocycles. The maximum Gasteiger partial charge on any atom is 0.410 e. The molecule has 4 rings (SSSR count). The Morgan fingerprint density at radius 3 is 2.30 bits per heavy atom. The summed E-state index contributed by atoms with van der Waals surface area (Å²) in [5, 5.41) is 3.79. The van der Waals surface area contributed by atoms with E-state index in [4.69, 9.17) is 4.74 Å². The van der Waals surface area contributed by atoms with Crippen molar-refractivity contribution in [1.29, 1.82) is 0 Å². The van der Waals surface area contributed by atoms with Crippen LogP contribution in [0.2, 0.25) is 0 Å². The van der Waals surface area contributed by atoms with Crippen LogP contribution in [0.1, 0.15) is 40.0 Å². The summed E-state index contributed by atoms with van der Waals surface area (Å²) in [7, 11) is 0. The Morgan fingerprint density at radius 1 is 1.15 bits per heavy atom. The Morgan fingerprint density at radius 2 is 1.75 bits per heavy atom. The van der Waals surface area contributed by atoms with Gasteiger partial charge in [-0.05, 0) is 63.7 Å². The van der Waals surface area contributed by atoms with Crippen LogP contribution in [0.4, 0.5) is 4.79 Å². The van der Waals surface area contributed by atoms with Crippen LogP contribution in [0.5, 0.6) is 0 Å². The third-order valence-corrected chi connectivity index (χ3v) is 5.70. The zero-order valence-electron chi connectivity index (χ0n) is 12.8. The van der Waals surface area contributed by atoms with E-state index in [2.05, 4.69) is 5.32 Å². The van der Waals surface area contributed by atoms with Gasteiger partial charge in [0.25, 0.3) is 0 Å². The molecular formula is C16H26N2O2. The van der Waals surface area contributed by atoms with Crippen LogP contribution in [-0.2, 0) is 4.74 Å². The maximum absolute atomic E-state index is 11.9. The molecule has 4 unspecified atom stereocenters. The highest BCUT2D eigenvalue weighted by atomic mass is 16.6. The second-order valence-electron chi connectivity index (χ2n) is 8.26. The highest BCUT2D eigenvalue weighted by Crippen LogP contribution is 2.65. The molecule has 4 heteroatoms. The van der Waals surface area contributed by atoms with Gasteiger partial charge in [0.1, 0.15) is 5.60 Å². The summed E-state index contributed by atoms with van der Waals surface area (Å²) in [5.41, 5.74) is -0.387. The Labute approximate surface area is 121 Å². The summed E-state index contributed by atoms with van der Waals surface area (Å²) < 4.78 is 5.39. The molecule has 4 atom stereocenters. The number of fused-ring (bicyclic) bond motifs is 5. The minimum absolute atomic E-state index is 0.161. The molecule has 0 radical (unpaired) electrons. The van der Waals surface area contributed by atoms with Gasteiger partial charge in [0.2, 0.25) is 0 Å². The minimum Gasteiger partial charge on any atom is -0.444 e. The molecule has 1 aliphatic heterocycles. The average molecular weight is 278 g/mol. The van der Waals surface area contributed by atoms with E-state index in [9.17, 15) is 4.79 Å². The van der Waals surface area contributed by atoms with Crippen molar-refractivity contribution in [2.45, 2.75) is 57.7 Å². The number of nitrogens with one attached hydrogen (secondary N) is 1. The van der Waals surface area contributed by atoms with E-state index < -0.39 is 0 Å². The predicted octanol–water partition coefficient (Wildman–Crippen LogP) is 2.24. The first-order chi connectivity index (χ1) is 9.42. The molecule has 112 valence electrons. The van der Waals surface area contributed by atoms with Crippen LogP contribution >= 0.6 is 0 Å². The minimum atomic E-state index is -0.387. The fraction of sp³-hybridized carbons (Fsp3) is 0.938. The molecule has 20 heavy (non-hydrogen) atoms. The maximum atomic E-state index is 11.9. The standard InChI is InChI=1S/C16H26N2O2/c1-16(2,3)20-15(19)18-7-11(8-18)17-14-12-9-4-5-10(6-9)13(12)14/h9-14,17H,4-8H2,1-3H3. The Hall–Kier alpha value is -0.770. The van der Waals surface area contributed by atoms with Gasteiger partial charge in [0.15, 0.2) is 0 Å². The largest absolute Gasteiger partial charge is 0.444 e. The lowest BCUT2D eigenvalue weighted by Crippen LogP contribution is -2.61. The van der Waals surface area contributed by atoms with Gasteiger partial charge in [-0.15, -0.1) is 0 Å². The van der Waals surface area contributed by atoms with E-state index in [-0.39, 0.29) is 11.7 Å². The van der Waals surface area contributed by atoms with E-state index >= 15 is 0 Å². The summed E-state index contributed by atoms with van der Waals surface area (Å²) in [6.45, 7) is 7.39. The van der Waals surface area contributed by atoms with Gasteiger partial charge in [-0.25, -0.2) is 4.79 Å². The van der Waals surface area contributed by atoms with Crippen LogP contribution in [0, 0.1) is 23.7 Å². The zero-order valence-corrected chi connectivity index (χ0v) is 12.8. The zero-order chi connectivity index (χ0) is 14.1. The molecule has 0 aromatic rings. The number of ether oxygens (including phenoxy) is 1. The fourth-order valence-corrected chi connectivity index (χ4v) is 4.88. The van der Waals surface area contributed by atoms with E-state index in [0.717, 1.165) is 42.8 Å². The van der Waals surface area contributed by atoms with Crippen molar-refractivity contribution in [3.8, 4) is 0 Å². The lowest BCUT2D eigenvalue weighted by atomic mass is 10.0. The van der Waals surface area contributed by atoms with Crippen molar-refractivity contribution in [2.24, 2.45) is 23.7 Å². The first kappa shape index (κ1) is 12.9. The summed E-state index contributed by atoms with van der Waals surface area (Å²) in [6, 6.07) is 1.27. The quantitative estimate of drug-likeness (QED) is 0.842. The van der Waals surface area contributed by atoms with Crippen LogP contribution in [0.3, 0.4) is 0 Å². The van der Waals surface area contributed by atoms with Crippen LogP contribution in [0.25, 0.3) is 0 Å². The van der Waals surface area contributed by atoms with Crippen LogP contribution in [-0.4, -0.2) is 41.8 Å². The number of amides is 1. The molecule has 1 N–H and O–H groups in total. The average Bonchev–Trinajstić information content (AvgIpc) is 2.66. The summed E-state index contributed by atoms with van der Waals surface area (Å²) in [6.07, 6.45) is 4.28. The molecule has 4 aliphatic rings. The van der Waals surface area contributed by atoms with Gasteiger partial charge in [-0.2, -0.15) is 0 Å². The fourth-order valence-electron chi connectivity index (χ4n) is 4.88. The number of rotatable bonds is 2. The number of hydrogen-bond acceptors (Lipinski definition) is 3. The van der Waals surface area contributed by atoms with Crippen molar-refractivity contribution >= 4 is 6.09 Å². The molecule has 0 aromatic heterocycles. The molecule has 1 amide bonds. The lowest BCUT2D eigenvalue weighted by molar-refractivity contribution is 0.00473. The Kier molecular flexibility index (Phi) is 2.67. The van der Waals surface area contributed by atoms with Gasteiger partial charge in [0.05, 0.1) is 0 Å². The summed E-state index contributed by atoms with van der Waals surface area (Å²) in [5.74, 6) is 3.99. The van der Waals surface area contributed by atoms with Gasteiger partial charge >= 0.3 is 6.09 Å². The first-order valence-electron chi connectivity index (χ1n) is 8.16. The van der Waals surface area contributed by atoms with Crippen LogP contribution < -0.4 is 5.32 Å². The lowest BCUT2D eigenvalue weighted by Gasteiger charge is -2.40. The second-order valence-corrected chi connectivity index (χ2v) is 8.26. The third kappa shape index (κ3) is 2.03. The number of likely N-dealkylation sites (tertiary alicyclic amines) is 1. The molecule has 0 aromatic carbocycles. The highest BCUT2D eigenvalue weighted by molar-refractivity contribution is 5.69. The van der Waals surface area contributed by atoms with Crippen molar-refractivity contribution < 1.29 is 9.53 Å². The van der Waals surface area contributed by atoms with Gasteiger partial charge in [-0.3, -0.25) is 0 Å². The van der Waals surface area contributed by atoms with Crippen molar-refractivity contribution in [3.63, 3.8) is 0 Å². The highest BCUT2D eigenvalue weighted by Gasteiger charge is 2.65. The summed E-state index contributed by atoms with van der Waals surface area (Å²) in [4.78, 5) is 13.7. The smallest absolute Gasteiger partial charge is 0.410 e. The summed E-state index contributed by atoms with van der Waals surface area (Å²) >= 11 is 0. The molecule has 2 bridgehead atoms. The van der Waals surface area contributed by atoms with E-state index in [1.54, 1.807) is 0 Å². The normalized spacial score (nSPS) is 42.4. The molecule has 0 spiro atoms. The van der Waals surface area contributed by atoms with Crippen molar-refractivity contribution in [3.05, 3.63) is 0 Å². The number of carbonyl (C=O) groups is 1. The first-order valence-corrected chi connectivity index (χ1v) is 8.16. The monoisotopic (exact) mass is 278 g/mol. The number of nitrogens with zero attached hydrogens (tertiary/aromatic N) is 1. The topological polar surface area (TPSA) is 41.6 Å². The van der Waals surface area contributed by atoms with Gasteiger partial charge < -0.3 is 15.0 Å². The molecule has 4 fully saturated rings. The van der Waals surface area contributed by atoms with Crippen molar-refractivity contribution in [2.75, 3.05) is 13.1 Å². The van der Waals surface area contributed by atoms with E-state index in [1.807, 2.05) is 25.7 Å². The SMILES string of the molecule is CC(C)(C)OC(=O)N1CC(NC2C3C4CCC(C4)C23)C1. The number of carbonyl (C=O) groups excluding carboxylic acids is 1. The van der Waals surface area contributed by atoms with E-state index in [1.165, 1.54) is 19.3 Å². The van der Waals surface area contributed by atoms with Gasteiger partial charge in [0, 0.05) is 25.2 Å². The Bertz CT molecular complexity index is 409.